The molecule has 2 N–H and O–H groups in total. The number of furan rings is 1. The lowest BCUT2D eigenvalue weighted by atomic mass is 10.2. The summed E-state index contributed by atoms with van der Waals surface area (Å²) in [7, 11) is 1.97. The van der Waals surface area contributed by atoms with Crippen molar-refractivity contribution in [3.8, 4) is 0 Å². The zero-order chi connectivity index (χ0) is 21.5. The molecule has 2 aromatic heterocycles. The molecule has 0 radical (unpaired) electrons. The third-order valence-electron chi connectivity index (χ3n) is 5.78. The van der Waals surface area contributed by atoms with Gasteiger partial charge in [0, 0.05) is 13.6 Å². The number of aryl methyl sites for hydroxylation is 1. The Balaban J connectivity index is 1.46. The molecule has 8 nitrogen and oxygen atoms in total. The van der Waals surface area contributed by atoms with E-state index in [4.69, 9.17) is 9.41 Å². The fourth-order valence-corrected chi connectivity index (χ4v) is 3.83. The van der Waals surface area contributed by atoms with Crippen molar-refractivity contribution in [1.82, 2.24) is 30.3 Å². The minimum Gasteiger partial charge on any atom is -0.468 e. The zero-order valence-corrected chi connectivity index (χ0v) is 18.3. The Labute approximate surface area is 183 Å². The molecule has 1 fully saturated rings. The molecule has 4 rings (SSSR count). The molecule has 1 unspecified atom stereocenters. The largest absolute Gasteiger partial charge is 0.468 e. The topological polar surface area (TPSA) is 83.5 Å². The second-order valence-electron chi connectivity index (χ2n) is 7.88. The van der Waals surface area contributed by atoms with E-state index >= 15 is 0 Å². The van der Waals surface area contributed by atoms with Crippen LogP contribution in [0.3, 0.4) is 0 Å². The molecule has 164 valence electrons. The van der Waals surface area contributed by atoms with Crippen LogP contribution < -0.4 is 10.6 Å². The van der Waals surface area contributed by atoms with Crippen LogP contribution in [-0.4, -0.2) is 45.3 Å². The fraction of sp³-hybridized carbons (Fsp3) is 0.435. The van der Waals surface area contributed by atoms with Gasteiger partial charge in [0.05, 0.1) is 25.4 Å². The van der Waals surface area contributed by atoms with Crippen molar-refractivity contribution in [1.29, 1.82) is 0 Å². The number of rotatable bonds is 8. The highest BCUT2D eigenvalue weighted by Gasteiger charge is 2.25. The van der Waals surface area contributed by atoms with E-state index < -0.39 is 0 Å². The van der Waals surface area contributed by atoms with Gasteiger partial charge in [0.1, 0.15) is 11.6 Å². The number of guanidine groups is 1. The quantitative estimate of drug-likeness (QED) is 0.430. The van der Waals surface area contributed by atoms with Crippen molar-refractivity contribution in [2.24, 2.45) is 12.0 Å². The number of aromatic nitrogens is 3. The number of nitrogens with one attached hydrogen (secondary N) is 2. The van der Waals surface area contributed by atoms with Crippen LogP contribution in [0.15, 0.2) is 58.1 Å². The second-order valence-corrected chi connectivity index (χ2v) is 7.88. The van der Waals surface area contributed by atoms with Gasteiger partial charge in [-0.2, -0.15) is 0 Å². The van der Waals surface area contributed by atoms with E-state index in [0.29, 0.717) is 19.6 Å². The molecule has 0 spiro atoms. The van der Waals surface area contributed by atoms with Crippen LogP contribution >= 0.6 is 0 Å². The van der Waals surface area contributed by atoms with Crippen molar-refractivity contribution in [2.75, 3.05) is 19.6 Å². The van der Waals surface area contributed by atoms with Crippen molar-refractivity contribution < 1.29 is 4.42 Å². The average Bonchev–Trinajstić information content (AvgIpc) is 3.56. The highest BCUT2D eigenvalue weighted by Crippen LogP contribution is 2.24. The first-order chi connectivity index (χ1) is 15.2. The lowest BCUT2D eigenvalue weighted by Gasteiger charge is -2.26. The van der Waals surface area contributed by atoms with E-state index in [0.717, 1.165) is 36.5 Å². The predicted molar refractivity (Wildman–Crippen MR) is 120 cm³/mol. The molecule has 31 heavy (non-hydrogen) atoms. The Bertz CT molecular complexity index is 959. The molecule has 1 saturated heterocycles. The average molecular weight is 422 g/mol. The van der Waals surface area contributed by atoms with E-state index in [2.05, 4.69) is 43.9 Å². The number of aliphatic imine (C=N–C) groups is 1. The molecule has 1 aliphatic rings. The highest BCUT2D eigenvalue weighted by atomic mass is 16.3. The van der Waals surface area contributed by atoms with Gasteiger partial charge in [0.2, 0.25) is 0 Å². The number of likely N-dealkylation sites (tertiary alicyclic amines) is 1. The lowest BCUT2D eigenvalue weighted by Crippen LogP contribution is -2.42. The summed E-state index contributed by atoms with van der Waals surface area (Å²) in [5.74, 6) is 3.49. The SMILES string of the molecule is Cc1nnc(CNC(=NCc2ccccc2)NCC(c2ccco2)N2CCCC2)n1C. The van der Waals surface area contributed by atoms with Crippen molar-refractivity contribution in [3.63, 3.8) is 0 Å². The van der Waals surface area contributed by atoms with Gasteiger partial charge >= 0.3 is 0 Å². The van der Waals surface area contributed by atoms with Crippen LogP contribution in [0.5, 0.6) is 0 Å². The van der Waals surface area contributed by atoms with Crippen molar-refractivity contribution >= 4 is 5.96 Å². The van der Waals surface area contributed by atoms with Crippen LogP contribution in [0.25, 0.3) is 0 Å². The Morgan fingerprint density at radius 2 is 1.90 bits per heavy atom. The Morgan fingerprint density at radius 1 is 1.10 bits per heavy atom. The summed E-state index contributed by atoms with van der Waals surface area (Å²) in [4.78, 5) is 7.29. The summed E-state index contributed by atoms with van der Waals surface area (Å²) in [6, 6.07) is 14.5. The predicted octanol–water partition coefficient (Wildman–Crippen LogP) is 2.79. The number of hydrogen-bond acceptors (Lipinski definition) is 5. The molecule has 0 amide bonds. The zero-order valence-electron chi connectivity index (χ0n) is 18.3. The minimum absolute atomic E-state index is 0.179. The van der Waals surface area contributed by atoms with Gasteiger partial charge in [-0.15, -0.1) is 10.2 Å². The maximum absolute atomic E-state index is 5.75. The third-order valence-corrected chi connectivity index (χ3v) is 5.78. The second kappa shape index (κ2) is 10.3. The van der Waals surface area contributed by atoms with Gasteiger partial charge in [-0.1, -0.05) is 30.3 Å². The van der Waals surface area contributed by atoms with Gasteiger partial charge in [0.25, 0.3) is 0 Å². The molecular formula is C23H31N7O. The van der Waals surface area contributed by atoms with Gasteiger partial charge in [-0.3, -0.25) is 4.90 Å². The maximum atomic E-state index is 5.75. The molecule has 0 saturated carbocycles. The highest BCUT2D eigenvalue weighted by molar-refractivity contribution is 5.79. The summed E-state index contributed by atoms with van der Waals surface area (Å²) < 4.78 is 7.74. The number of nitrogens with zero attached hydrogens (tertiary/aromatic N) is 5. The van der Waals surface area contributed by atoms with E-state index in [1.165, 1.54) is 18.4 Å². The standard InChI is InChI=1S/C23H31N7O/c1-18-27-28-22(29(18)2)17-26-23(24-15-19-9-4-3-5-10-19)25-16-20(21-11-8-14-31-21)30-12-6-7-13-30/h3-5,8-11,14,20H,6-7,12-13,15-17H2,1-2H3,(H2,24,25,26). The van der Waals surface area contributed by atoms with Crippen LogP contribution in [0.2, 0.25) is 0 Å². The minimum atomic E-state index is 0.179. The summed E-state index contributed by atoms with van der Waals surface area (Å²) in [5.41, 5.74) is 1.17. The Hall–Kier alpha value is -3.13. The normalized spacial score (nSPS) is 15.9. The first-order valence-electron chi connectivity index (χ1n) is 10.9. The van der Waals surface area contributed by atoms with Gasteiger partial charge in [-0.05, 0) is 50.6 Å². The van der Waals surface area contributed by atoms with Gasteiger partial charge < -0.3 is 19.6 Å². The summed E-state index contributed by atoms with van der Waals surface area (Å²) >= 11 is 0. The van der Waals surface area contributed by atoms with Crippen LogP contribution in [0, 0.1) is 6.92 Å². The van der Waals surface area contributed by atoms with Crippen LogP contribution in [0.4, 0.5) is 0 Å². The number of hydrogen-bond donors (Lipinski definition) is 2. The van der Waals surface area contributed by atoms with E-state index in [-0.39, 0.29) is 6.04 Å². The van der Waals surface area contributed by atoms with Crippen molar-refractivity contribution in [3.05, 3.63) is 71.7 Å². The van der Waals surface area contributed by atoms with Gasteiger partial charge in [0.15, 0.2) is 11.8 Å². The molecule has 3 heterocycles. The first-order valence-corrected chi connectivity index (χ1v) is 10.9. The van der Waals surface area contributed by atoms with E-state index in [9.17, 15) is 0 Å². The summed E-state index contributed by atoms with van der Waals surface area (Å²) in [6.45, 7) is 6.00. The van der Waals surface area contributed by atoms with E-state index in [1.807, 2.05) is 42.8 Å². The Morgan fingerprint density at radius 3 is 2.58 bits per heavy atom. The molecule has 1 aromatic carbocycles. The van der Waals surface area contributed by atoms with Crippen molar-refractivity contribution in [2.45, 2.75) is 38.9 Å². The van der Waals surface area contributed by atoms with Crippen LogP contribution in [-0.2, 0) is 20.1 Å². The lowest BCUT2D eigenvalue weighted by molar-refractivity contribution is 0.215. The van der Waals surface area contributed by atoms with Gasteiger partial charge in [-0.25, -0.2) is 4.99 Å². The molecule has 1 atom stereocenters. The summed E-state index contributed by atoms with van der Waals surface area (Å²) in [5, 5.41) is 15.3. The molecule has 1 aliphatic heterocycles. The monoisotopic (exact) mass is 421 g/mol. The first kappa shape index (κ1) is 21.1. The third kappa shape index (κ3) is 5.52. The smallest absolute Gasteiger partial charge is 0.192 e. The summed E-state index contributed by atoms with van der Waals surface area (Å²) in [6.07, 6.45) is 4.21. The molecule has 3 aromatic rings. The van der Waals surface area contributed by atoms with E-state index in [1.54, 1.807) is 6.26 Å². The Kier molecular flexibility index (Phi) is 6.99. The van der Waals surface area contributed by atoms with Crippen LogP contribution in [0.1, 0.15) is 41.9 Å². The molecule has 0 aliphatic carbocycles. The molecule has 8 heteroatoms. The molecule has 0 bridgehead atoms. The molecular weight excluding hydrogens is 390 g/mol. The maximum Gasteiger partial charge on any atom is 0.192 e. The fourth-order valence-electron chi connectivity index (χ4n) is 3.83. The number of benzene rings is 1.